The van der Waals surface area contributed by atoms with E-state index >= 15 is 0 Å². The molecule has 2 heterocycles. The molecule has 5 nitrogen and oxygen atoms in total. The SMILES string of the molecule is Cc1cc2ncn(-c3ccc(C(=O)O)o3)c2cc1C. The van der Waals surface area contributed by atoms with Crippen LogP contribution in [0.1, 0.15) is 21.7 Å². The van der Waals surface area contributed by atoms with E-state index in [0.717, 1.165) is 16.6 Å². The minimum Gasteiger partial charge on any atom is -0.475 e. The third-order valence-corrected chi connectivity index (χ3v) is 3.20. The molecule has 0 fully saturated rings. The predicted octanol–water partition coefficient (Wildman–Crippen LogP) is 2.93. The third kappa shape index (κ3) is 1.79. The number of fused-ring (bicyclic) bond motifs is 1. The summed E-state index contributed by atoms with van der Waals surface area (Å²) < 4.78 is 7.04. The van der Waals surface area contributed by atoms with E-state index in [4.69, 9.17) is 9.52 Å². The van der Waals surface area contributed by atoms with Crippen LogP contribution in [-0.2, 0) is 0 Å². The Morgan fingerprint density at radius 1 is 1.26 bits per heavy atom. The monoisotopic (exact) mass is 256 g/mol. The van der Waals surface area contributed by atoms with Gasteiger partial charge in [0.1, 0.15) is 6.33 Å². The first-order valence-corrected chi connectivity index (χ1v) is 5.84. The van der Waals surface area contributed by atoms with Crippen LogP contribution in [0.5, 0.6) is 0 Å². The topological polar surface area (TPSA) is 68.3 Å². The number of aryl methyl sites for hydroxylation is 2. The van der Waals surface area contributed by atoms with Gasteiger partial charge in [0.2, 0.25) is 11.6 Å². The molecule has 0 bridgehead atoms. The molecule has 1 aromatic carbocycles. The summed E-state index contributed by atoms with van der Waals surface area (Å²) in [6, 6.07) is 7.08. The second-order valence-electron chi connectivity index (χ2n) is 4.48. The normalized spacial score (nSPS) is 11.1. The average molecular weight is 256 g/mol. The summed E-state index contributed by atoms with van der Waals surface area (Å²) in [6.45, 7) is 4.06. The van der Waals surface area contributed by atoms with Gasteiger partial charge in [0.05, 0.1) is 11.0 Å². The fourth-order valence-corrected chi connectivity index (χ4v) is 2.01. The van der Waals surface area contributed by atoms with E-state index in [1.165, 1.54) is 11.6 Å². The van der Waals surface area contributed by atoms with Crippen LogP contribution >= 0.6 is 0 Å². The van der Waals surface area contributed by atoms with E-state index < -0.39 is 5.97 Å². The summed E-state index contributed by atoms with van der Waals surface area (Å²) in [5.41, 5.74) is 4.08. The Morgan fingerprint density at radius 3 is 2.68 bits per heavy atom. The molecule has 0 saturated carbocycles. The van der Waals surface area contributed by atoms with Gasteiger partial charge in [-0.05, 0) is 43.2 Å². The lowest BCUT2D eigenvalue weighted by atomic mass is 10.1. The van der Waals surface area contributed by atoms with Gasteiger partial charge in [-0.2, -0.15) is 0 Å². The van der Waals surface area contributed by atoms with E-state index in [9.17, 15) is 4.79 Å². The molecule has 0 aliphatic rings. The first-order valence-electron chi connectivity index (χ1n) is 5.84. The number of imidazole rings is 1. The van der Waals surface area contributed by atoms with Gasteiger partial charge in [-0.1, -0.05) is 0 Å². The van der Waals surface area contributed by atoms with Gasteiger partial charge in [-0.25, -0.2) is 9.78 Å². The standard InChI is InChI=1S/C14H12N2O3/c1-8-5-10-11(6-9(8)2)16(7-15-10)13-4-3-12(19-13)14(17)18/h3-7H,1-2H3,(H,17,18). The summed E-state index contributed by atoms with van der Waals surface area (Å²) >= 11 is 0. The van der Waals surface area contributed by atoms with Crippen molar-refractivity contribution < 1.29 is 14.3 Å². The molecular formula is C14H12N2O3. The molecule has 0 amide bonds. The van der Waals surface area contributed by atoms with E-state index in [1.807, 2.05) is 26.0 Å². The van der Waals surface area contributed by atoms with Crippen LogP contribution in [0.15, 0.2) is 35.0 Å². The molecule has 0 radical (unpaired) electrons. The van der Waals surface area contributed by atoms with Crippen molar-refractivity contribution in [2.75, 3.05) is 0 Å². The molecule has 0 aliphatic heterocycles. The zero-order valence-electron chi connectivity index (χ0n) is 10.5. The Kier molecular flexibility index (Phi) is 2.41. The molecular weight excluding hydrogens is 244 g/mol. The molecule has 0 saturated heterocycles. The lowest BCUT2D eigenvalue weighted by Crippen LogP contribution is -1.93. The summed E-state index contributed by atoms with van der Waals surface area (Å²) in [4.78, 5) is 15.1. The molecule has 5 heteroatoms. The summed E-state index contributed by atoms with van der Waals surface area (Å²) in [5.74, 6) is -0.716. The van der Waals surface area contributed by atoms with Crippen molar-refractivity contribution in [1.82, 2.24) is 9.55 Å². The number of benzene rings is 1. The Labute approximate surface area is 109 Å². The van der Waals surface area contributed by atoms with E-state index in [-0.39, 0.29) is 5.76 Å². The summed E-state index contributed by atoms with van der Waals surface area (Å²) in [7, 11) is 0. The van der Waals surface area contributed by atoms with Crippen LogP contribution in [0.4, 0.5) is 0 Å². The minimum atomic E-state index is -1.08. The molecule has 0 spiro atoms. The molecule has 3 aromatic rings. The molecule has 96 valence electrons. The van der Waals surface area contributed by atoms with E-state index in [1.54, 1.807) is 17.0 Å². The van der Waals surface area contributed by atoms with Gasteiger partial charge in [0, 0.05) is 6.07 Å². The van der Waals surface area contributed by atoms with Crippen LogP contribution in [-0.4, -0.2) is 20.6 Å². The van der Waals surface area contributed by atoms with Crippen LogP contribution in [0.25, 0.3) is 16.9 Å². The van der Waals surface area contributed by atoms with Gasteiger partial charge in [-0.3, -0.25) is 4.57 Å². The highest BCUT2D eigenvalue weighted by Crippen LogP contribution is 2.23. The van der Waals surface area contributed by atoms with Crippen LogP contribution in [0.2, 0.25) is 0 Å². The lowest BCUT2D eigenvalue weighted by Gasteiger charge is -2.02. The van der Waals surface area contributed by atoms with Gasteiger partial charge in [0.25, 0.3) is 0 Å². The van der Waals surface area contributed by atoms with Crippen molar-refractivity contribution in [1.29, 1.82) is 0 Å². The molecule has 0 aliphatic carbocycles. The number of hydrogen-bond donors (Lipinski definition) is 1. The van der Waals surface area contributed by atoms with Crippen molar-refractivity contribution in [2.24, 2.45) is 0 Å². The Bertz CT molecular complexity index is 783. The molecule has 2 aromatic heterocycles. The summed E-state index contributed by atoms with van der Waals surface area (Å²) in [6.07, 6.45) is 1.63. The number of carbonyl (C=O) groups is 1. The van der Waals surface area contributed by atoms with Crippen molar-refractivity contribution >= 4 is 17.0 Å². The molecule has 0 atom stereocenters. The van der Waals surface area contributed by atoms with Crippen molar-refractivity contribution in [3.8, 4) is 5.88 Å². The fraction of sp³-hybridized carbons (Fsp3) is 0.143. The number of rotatable bonds is 2. The highest BCUT2D eigenvalue weighted by molar-refractivity contribution is 5.85. The van der Waals surface area contributed by atoms with Crippen molar-refractivity contribution in [3.63, 3.8) is 0 Å². The predicted molar refractivity (Wildman–Crippen MR) is 69.8 cm³/mol. The largest absolute Gasteiger partial charge is 0.475 e. The summed E-state index contributed by atoms with van der Waals surface area (Å²) in [5, 5.41) is 8.87. The lowest BCUT2D eigenvalue weighted by molar-refractivity contribution is 0.0662. The Hall–Kier alpha value is -2.56. The zero-order chi connectivity index (χ0) is 13.6. The van der Waals surface area contributed by atoms with Gasteiger partial charge >= 0.3 is 5.97 Å². The van der Waals surface area contributed by atoms with Gasteiger partial charge < -0.3 is 9.52 Å². The highest BCUT2D eigenvalue weighted by atomic mass is 16.4. The van der Waals surface area contributed by atoms with E-state index in [0.29, 0.717) is 5.88 Å². The molecule has 3 rings (SSSR count). The van der Waals surface area contributed by atoms with Gasteiger partial charge in [-0.15, -0.1) is 0 Å². The maximum atomic E-state index is 10.8. The van der Waals surface area contributed by atoms with Crippen molar-refractivity contribution in [3.05, 3.63) is 47.5 Å². The second kappa shape index (κ2) is 3.98. The second-order valence-corrected chi connectivity index (χ2v) is 4.48. The number of hydrogen-bond acceptors (Lipinski definition) is 3. The minimum absolute atomic E-state index is 0.0827. The number of carboxylic acid groups (broad SMARTS) is 1. The fourth-order valence-electron chi connectivity index (χ4n) is 2.01. The number of nitrogens with zero attached hydrogens (tertiary/aromatic N) is 2. The Morgan fingerprint density at radius 2 is 2.00 bits per heavy atom. The van der Waals surface area contributed by atoms with Crippen LogP contribution < -0.4 is 0 Å². The molecule has 0 unspecified atom stereocenters. The van der Waals surface area contributed by atoms with Crippen LogP contribution in [0.3, 0.4) is 0 Å². The smallest absolute Gasteiger partial charge is 0.371 e. The van der Waals surface area contributed by atoms with E-state index in [2.05, 4.69) is 4.98 Å². The maximum absolute atomic E-state index is 10.8. The number of aromatic carboxylic acids is 1. The highest BCUT2D eigenvalue weighted by Gasteiger charge is 2.13. The van der Waals surface area contributed by atoms with Crippen LogP contribution in [0, 0.1) is 13.8 Å². The zero-order valence-corrected chi connectivity index (χ0v) is 10.5. The maximum Gasteiger partial charge on any atom is 0.371 e. The number of carboxylic acids is 1. The first-order chi connectivity index (χ1) is 9.06. The average Bonchev–Trinajstić information content (AvgIpc) is 2.96. The van der Waals surface area contributed by atoms with Gasteiger partial charge in [0.15, 0.2) is 0 Å². The Balaban J connectivity index is 2.19. The first kappa shape index (κ1) is 11.5. The quantitative estimate of drug-likeness (QED) is 0.765. The molecule has 19 heavy (non-hydrogen) atoms. The molecule has 1 N–H and O–H groups in total. The number of aromatic nitrogens is 2. The third-order valence-electron chi connectivity index (χ3n) is 3.20. The van der Waals surface area contributed by atoms with Crippen molar-refractivity contribution in [2.45, 2.75) is 13.8 Å². The number of furan rings is 1.